The van der Waals surface area contributed by atoms with Crippen LogP contribution >= 0.6 is 0 Å². The lowest BCUT2D eigenvalue weighted by Gasteiger charge is -2.15. The molecule has 0 aliphatic carbocycles. The molecule has 2 N–H and O–H groups in total. The lowest BCUT2D eigenvalue weighted by atomic mass is 10.1. The predicted octanol–water partition coefficient (Wildman–Crippen LogP) is 2.10. The SMILES string of the molecule is CCNS(=O)(=O)c1cc(CNC(C)C)c(C)cc1C. The van der Waals surface area contributed by atoms with Crippen molar-refractivity contribution >= 4 is 10.0 Å². The Kier molecular flexibility index (Phi) is 5.52. The van der Waals surface area contributed by atoms with Gasteiger partial charge in [0.05, 0.1) is 4.90 Å². The summed E-state index contributed by atoms with van der Waals surface area (Å²) < 4.78 is 26.8. The smallest absolute Gasteiger partial charge is 0.240 e. The van der Waals surface area contributed by atoms with Gasteiger partial charge in [-0.2, -0.15) is 0 Å². The predicted molar refractivity (Wildman–Crippen MR) is 78.8 cm³/mol. The summed E-state index contributed by atoms with van der Waals surface area (Å²) in [5, 5.41) is 3.32. The minimum Gasteiger partial charge on any atom is -0.310 e. The van der Waals surface area contributed by atoms with E-state index in [1.54, 1.807) is 13.0 Å². The molecule has 1 aromatic carbocycles. The van der Waals surface area contributed by atoms with Crippen molar-refractivity contribution in [3.63, 3.8) is 0 Å². The fraction of sp³-hybridized carbons (Fsp3) is 0.571. The quantitative estimate of drug-likeness (QED) is 0.841. The molecule has 0 amide bonds. The van der Waals surface area contributed by atoms with Crippen molar-refractivity contribution < 1.29 is 8.42 Å². The Morgan fingerprint density at radius 3 is 2.32 bits per heavy atom. The van der Waals surface area contributed by atoms with Gasteiger partial charge in [-0.05, 0) is 36.6 Å². The molecule has 1 rings (SSSR count). The number of rotatable bonds is 6. The maximum atomic E-state index is 12.1. The molecule has 0 spiro atoms. The van der Waals surface area contributed by atoms with Crippen LogP contribution in [0.25, 0.3) is 0 Å². The standard InChI is InChI=1S/C14H24N2O2S/c1-6-16-19(17,18)14-8-13(9-15-10(2)3)11(4)7-12(14)5/h7-8,10,15-16H,6,9H2,1-5H3. The van der Waals surface area contributed by atoms with Crippen LogP contribution in [-0.4, -0.2) is 21.0 Å². The average molecular weight is 284 g/mol. The number of aryl methyl sites for hydroxylation is 2. The molecule has 0 atom stereocenters. The number of sulfonamides is 1. The van der Waals surface area contributed by atoms with E-state index in [4.69, 9.17) is 0 Å². The molecule has 0 saturated heterocycles. The first-order valence-electron chi connectivity index (χ1n) is 6.61. The molecule has 0 radical (unpaired) electrons. The highest BCUT2D eigenvalue weighted by Crippen LogP contribution is 2.20. The van der Waals surface area contributed by atoms with Crippen molar-refractivity contribution in [1.82, 2.24) is 10.0 Å². The first kappa shape index (κ1) is 16.1. The highest BCUT2D eigenvalue weighted by atomic mass is 32.2. The zero-order valence-corrected chi connectivity index (χ0v) is 13.2. The lowest BCUT2D eigenvalue weighted by molar-refractivity contribution is 0.579. The first-order valence-corrected chi connectivity index (χ1v) is 8.09. The van der Waals surface area contributed by atoms with Crippen molar-refractivity contribution in [2.24, 2.45) is 0 Å². The van der Waals surface area contributed by atoms with Gasteiger partial charge in [0, 0.05) is 19.1 Å². The van der Waals surface area contributed by atoms with Crippen molar-refractivity contribution in [1.29, 1.82) is 0 Å². The van der Waals surface area contributed by atoms with Crippen LogP contribution in [0.1, 0.15) is 37.5 Å². The van der Waals surface area contributed by atoms with Gasteiger partial charge in [-0.25, -0.2) is 13.1 Å². The maximum Gasteiger partial charge on any atom is 0.240 e. The molecule has 0 bridgehead atoms. The Hall–Kier alpha value is -0.910. The van der Waals surface area contributed by atoms with Gasteiger partial charge >= 0.3 is 0 Å². The second-order valence-electron chi connectivity index (χ2n) is 5.08. The van der Waals surface area contributed by atoms with Gasteiger partial charge in [0.2, 0.25) is 10.0 Å². The molecule has 5 heteroatoms. The van der Waals surface area contributed by atoms with E-state index >= 15 is 0 Å². The molecule has 1 aromatic rings. The van der Waals surface area contributed by atoms with Gasteiger partial charge in [0.15, 0.2) is 0 Å². The van der Waals surface area contributed by atoms with Crippen LogP contribution in [0.2, 0.25) is 0 Å². The summed E-state index contributed by atoms with van der Waals surface area (Å²) >= 11 is 0. The Morgan fingerprint density at radius 1 is 1.16 bits per heavy atom. The van der Waals surface area contributed by atoms with Crippen molar-refractivity contribution in [3.05, 3.63) is 28.8 Å². The van der Waals surface area contributed by atoms with Gasteiger partial charge in [-0.1, -0.05) is 26.8 Å². The van der Waals surface area contributed by atoms with Crippen LogP contribution < -0.4 is 10.0 Å². The topological polar surface area (TPSA) is 58.2 Å². The van der Waals surface area contributed by atoms with E-state index in [0.29, 0.717) is 24.0 Å². The number of benzene rings is 1. The number of hydrogen-bond donors (Lipinski definition) is 2. The normalized spacial score (nSPS) is 12.1. The molecule has 0 heterocycles. The van der Waals surface area contributed by atoms with Gasteiger partial charge < -0.3 is 5.32 Å². The Bertz CT molecular complexity index is 537. The molecule has 0 saturated carbocycles. The van der Waals surface area contributed by atoms with Crippen molar-refractivity contribution in [2.75, 3.05) is 6.54 Å². The zero-order valence-electron chi connectivity index (χ0n) is 12.4. The Labute approximate surface area is 116 Å². The number of nitrogens with one attached hydrogen (secondary N) is 2. The van der Waals surface area contributed by atoms with Gasteiger partial charge in [-0.3, -0.25) is 0 Å². The van der Waals surface area contributed by atoms with E-state index in [1.807, 2.05) is 19.9 Å². The van der Waals surface area contributed by atoms with E-state index < -0.39 is 10.0 Å². The summed E-state index contributed by atoms with van der Waals surface area (Å²) in [6.07, 6.45) is 0. The molecular weight excluding hydrogens is 260 g/mol. The molecule has 0 aromatic heterocycles. The van der Waals surface area contributed by atoms with Gasteiger partial charge in [0.1, 0.15) is 0 Å². The second kappa shape index (κ2) is 6.50. The summed E-state index contributed by atoms with van der Waals surface area (Å²) in [4.78, 5) is 0.375. The highest BCUT2D eigenvalue weighted by Gasteiger charge is 2.17. The molecular formula is C14H24N2O2S. The molecule has 4 nitrogen and oxygen atoms in total. The summed E-state index contributed by atoms with van der Waals surface area (Å²) in [7, 11) is -3.40. The second-order valence-corrected chi connectivity index (χ2v) is 6.82. The van der Waals surface area contributed by atoms with E-state index in [2.05, 4.69) is 23.9 Å². The fourth-order valence-corrected chi connectivity index (χ4v) is 3.25. The van der Waals surface area contributed by atoms with Crippen LogP contribution in [0, 0.1) is 13.8 Å². The van der Waals surface area contributed by atoms with Gasteiger partial charge in [-0.15, -0.1) is 0 Å². The van der Waals surface area contributed by atoms with Crippen molar-refractivity contribution in [3.8, 4) is 0 Å². The summed E-state index contributed by atoms with van der Waals surface area (Å²) in [6, 6.07) is 4.08. The van der Waals surface area contributed by atoms with Crippen LogP contribution in [0.5, 0.6) is 0 Å². The molecule has 0 aliphatic rings. The minimum atomic E-state index is -3.40. The van der Waals surface area contributed by atoms with Crippen LogP contribution in [0.3, 0.4) is 0 Å². The number of hydrogen-bond acceptors (Lipinski definition) is 3. The molecule has 0 unspecified atom stereocenters. The fourth-order valence-electron chi connectivity index (χ4n) is 1.94. The third kappa shape index (κ3) is 4.30. The third-order valence-electron chi connectivity index (χ3n) is 2.96. The Balaban J connectivity index is 3.16. The van der Waals surface area contributed by atoms with E-state index in [0.717, 1.165) is 16.7 Å². The highest BCUT2D eigenvalue weighted by molar-refractivity contribution is 7.89. The van der Waals surface area contributed by atoms with Crippen LogP contribution in [-0.2, 0) is 16.6 Å². The first-order chi connectivity index (χ1) is 8.77. The Morgan fingerprint density at radius 2 is 1.79 bits per heavy atom. The van der Waals surface area contributed by atoms with E-state index in [-0.39, 0.29) is 0 Å². The summed E-state index contributed by atoms with van der Waals surface area (Å²) in [5.41, 5.74) is 2.92. The largest absolute Gasteiger partial charge is 0.310 e. The monoisotopic (exact) mass is 284 g/mol. The van der Waals surface area contributed by atoms with Crippen LogP contribution in [0.4, 0.5) is 0 Å². The summed E-state index contributed by atoms with van der Waals surface area (Å²) in [5.74, 6) is 0. The molecule has 0 fully saturated rings. The molecule has 0 aliphatic heterocycles. The van der Waals surface area contributed by atoms with Gasteiger partial charge in [0.25, 0.3) is 0 Å². The van der Waals surface area contributed by atoms with E-state index in [9.17, 15) is 8.42 Å². The molecule has 19 heavy (non-hydrogen) atoms. The lowest BCUT2D eigenvalue weighted by Crippen LogP contribution is -2.25. The van der Waals surface area contributed by atoms with Crippen LogP contribution in [0.15, 0.2) is 17.0 Å². The summed E-state index contributed by atoms with van der Waals surface area (Å²) in [6.45, 7) is 10.8. The van der Waals surface area contributed by atoms with Crippen molar-refractivity contribution in [2.45, 2.75) is 52.1 Å². The zero-order chi connectivity index (χ0) is 14.6. The third-order valence-corrected chi connectivity index (χ3v) is 4.65. The average Bonchev–Trinajstić information content (AvgIpc) is 2.27. The molecule has 108 valence electrons. The minimum absolute atomic E-state index is 0.370. The maximum absolute atomic E-state index is 12.1. The van der Waals surface area contributed by atoms with E-state index in [1.165, 1.54) is 0 Å².